The predicted octanol–water partition coefficient (Wildman–Crippen LogP) is 2.45. The van der Waals surface area contributed by atoms with Gasteiger partial charge in [-0.25, -0.2) is 13.4 Å². The van der Waals surface area contributed by atoms with E-state index in [4.69, 9.17) is 4.74 Å². The summed E-state index contributed by atoms with van der Waals surface area (Å²) in [5.41, 5.74) is 7.05. The van der Waals surface area contributed by atoms with Crippen molar-refractivity contribution in [3.63, 3.8) is 0 Å². The Balaban J connectivity index is 1.69. The molecule has 10 heteroatoms. The Labute approximate surface area is 203 Å². The maximum absolute atomic E-state index is 13.5. The van der Waals surface area contributed by atoms with Gasteiger partial charge in [0.15, 0.2) is 0 Å². The van der Waals surface area contributed by atoms with Crippen molar-refractivity contribution in [1.29, 1.82) is 0 Å². The van der Waals surface area contributed by atoms with Crippen LogP contribution in [0.5, 0.6) is 5.75 Å². The molecule has 0 aliphatic carbocycles. The number of likely N-dealkylation sites (N-methyl/N-ethyl adjacent to an activating group) is 2. The third kappa shape index (κ3) is 4.80. The summed E-state index contributed by atoms with van der Waals surface area (Å²) in [5, 5.41) is 5.39. The second-order valence-electron chi connectivity index (χ2n) is 8.74. The van der Waals surface area contributed by atoms with Gasteiger partial charge < -0.3 is 20.4 Å². The fourth-order valence-corrected chi connectivity index (χ4v) is 5.85. The molecule has 0 spiro atoms. The molecule has 0 bridgehead atoms. The van der Waals surface area contributed by atoms with E-state index in [1.165, 1.54) is 0 Å². The van der Waals surface area contributed by atoms with Gasteiger partial charge in [-0.15, -0.1) is 0 Å². The van der Waals surface area contributed by atoms with Crippen molar-refractivity contribution in [3.8, 4) is 5.75 Å². The van der Waals surface area contributed by atoms with Crippen LogP contribution in [0.25, 0.3) is 0 Å². The number of fused-ring (bicyclic) bond motifs is 1. The van der Waals surface area contributed by atoms with E-state index in [9.17, 15) is 8.42 Å². The van der Waals surface area contributed by atoms with Crippen LogP contribution in [0.3, 0.4) is 0 Å². The fourth-order valence-electron chi connectivity index (χ4n) is 4.40. The normalized spacial score (nSPS) is 19.4. The van der Waals surface area contributed by atoms with Crippen molar-refractivity contribution < 1.29 is 13.2 Å². The fraction of sp³-hybridized carbons (Fsp3) is 0.542. The van der Waals surface area contributed by atoms with Gasteiger partial charge in [-0.1, -0.05) is 27.2 Å². The molecular weight excluding hydrogens is 452 g/mol. The minimum Gasteiger partial charge on any atom is -0.493 e. The van der Waals surface area contributed by atoms with Crippen LogP contribution in [-0.2, 0) is 10.0 Å². The summed E-state index contributed by atoms with van der Waals surface area (Å²) in [7, 11) is -1.66. The summed E-state index contributed by atoms with van der Waals surface area (Å²) in [5.74, 6) is 1.21. The summed E-state index contributed by atoms with van der Waals surface area (Å²) >= 11 is 0. The van der Waals surface area contributed by atoms with Gasteiger partial charge >= 0.3 is 0 Å². The summed E-state index contributed by atoms with van der Waals surface area (Å²) < 4.78 is 34.5. The molecule has 186 valence electrons. The molecule has 2 N–H and O–H groups in total. The topological polar surface area (TPSA) is 89.5 Å². The zero-order valence-corrected chi connectivity index (χ0v) is 21.4. The number of nitrogens with zero attached hydrogens (tertiary/aromatic N) is 4. The highest BCUT2D eigenvalue weighted by Gasteiger charge is 2.31. The van der Waals surface area contributed by atoms with E-state index in [0.717, 1.165) is 56.0 Å². The molecule has 0 unspecified atom stereocenters. The Morgan fingerprint density at radius 1 is 1.09 bits per heavy atom. The van der Waals surface area contributed by atoms with E-state index in [2.05, 4.69) is 34.5 Å². The highest BCUT2D eigenvalue weighted by atomic mass is 32.2. The zero-order chi connectivity index (χ0) is 24.3. The van der Waals surface area contributed by atoms with E-state index in [0.29, 0.717) is 36.8 Å². The number of ether oxygens (including phenoxy) is 1. The van der Waals surface area contributed by atoms with Crippen molar-refractivity contribution >= 4 is 15.9 Å². The molecule has 0 atom stereocenters. The molecule has 0 aromatic heterocycles. The Morgan fingerprint density at radius 3 is 2.53 bits per heavy atom. The lowest BCUT2D eigenvalue weighted by atomic mass is 10.1. The number of benzene rings is 1. The third-order valence-corrected chi connectivity index (χ3v) is 8.26. The first-order valence-corrected chi connectivity index (χ1v) is 13.6. The smallest absolute Gasteiger partial charge is 0.243 e. The number of allylic oxidation sites excluding steroid dienone is 1. The summed E-state index contributed by atoms with van der Waals surface area (Å²) in [6, 6.07) is 5.10. The highest BCUT2D eigenvalue weighted by Crippen LogP contribution is 2.30. The summed E-state index contributed by atoms with van der Waals surface area (Å²) in [6.07, 6.45) is 4.57. The number of sulfonamides is 1. The zero-order valence-electron chi connectivity index (χ0n) is 20.6. The first-order valence-electron chi connectivity index (χ1n) is 12.2. The molecule has 1 aromatic rings. The second kappa shape index (κ2) is 10.4. The van der Waals surface area contributed by atoms with Gasteiger partial charge in [-0.05, 0) is 37.6 Å². The number of hydrazine groups is 1. The first-order chi connectivity index (χ1) is 16.4. The molecule has 4 rings (SSSR count). The minimum absolute atomic E-state index is 0.264. The average Bonchev–Trinajstić information content (AvgIpc) is 3.17. The lowest BCUT2D eigenvalue weighted by Crippen LogP contribution is -2.48. The van der Waals surface area contributed by atoms with Crippen molar-refractivity contribution in [2.24, 2.45) is 4.99 Å². The summed E-state index contributed by atoms with van der Waals surface area (Å²) in [4.78, 5) is 7.17. The first kappa shape index (κ1) is 24.6. The van der Waals surface area contributed by atoms with Gasteiger partial charge in [0.2, 0.25) is 10.0 Å². The standard InChI is InChI=1S/C24H36N6O3S/c1-5-8-20-23-21(28(4)27-20)17-25-24(26-23)19-16-18(9-10-22(19)33-15-6-2)34(31,32)30-13-11-29(7-3)12-14-30/h9-10,16-17,27H,5-8,11-15H2,1-4H3,(H,25,26). The monoisotopic (exact) mass is 488 g/mol. The molecule has 3 heterocycles. The van der Waals surface area contributed by atoms with Gasteiger partial charge in [-0.2, -0.15) is 4.31 Å². The lowest BCUT2D eigenvalue weighted by Gasteiger charge is -2.33. The molecule has 1 fully saturated rings. The molecule has 3 aliphatic heterocycles. The van der Waals surface area contributed by atoms with Crippen LogP contribution in [0.15, 0.2) is 51.4 Å². The van der Waals surface area contributed by atoms with E-state index in [1.807, 2.05) is 25.2 Å². The number of rotatable bonds is 9. The minimum atomic E-state index is -3.62. The van der Waals surface area contributed by atoms with Crippen molar-refractivity contribution in [3.05, 3.63) is 47.1 Å². The molecular formula is C24H36N6O3S. The Hall–Kier alpha value is -2.56. The molecule has 0 amide bonds. The van der Waals surface area contributed by atoms with E-state index in [1.54, 1.807) is 22.5 Å². The number of aliphatic imine (C=N–C) groups is 1. The quantitative estimate of drug-likeness (QED) is 0.552. The Morgan fingerprint density at radius 2 is 1.85 bits per heavy atom. The number of amidine groups is 1. The van der Waals surface area contributed by atoms with Crippen LogP contribution in [-0.4, -0.2) is 74.8 Å². The van der Waals surface area contributed by atoms with Crippen molar-refractivity contribution in [2.45, 2.75) is 44.9 Å². The van der Waals surface area contributed by atoms with Crippen LogP contribution in [0, 0.1) is 0 Å². The molecule has 0 radical (unpaired) electrons. The van der Waals surface area contributed by atoms with Crippen molar-refractivity contribution in [2.75, 3.05) is 46.4 Å². The van der Waals surface area contributed by atoms with Crippen LogP contribution >= 0.6 is 0 Å². The number of piperazine rings is 1. The molecule has 1 saturated heterocycles. The maximum Gasteiger partial charge on any atom is 0.243 e. The van der Waals surface area contributed by atoms with Crippen LogP contribution in [0.4, 0.5) is 0 Å². The number of hydrogen-bond donors (Lipinski definition) is 2. The molecule has 34 heavy (non-hydrogen) atoms. The van der Waals surface area contributed by atoms with E-state index in [-0.39, 0.29) is 4.90 Å². The van der Waals surface area contributed by atoms with E-state index < -0.39 is 10.0 Å². The van der Waals surface area contributed by atoms with Gasteiger partial charge in [0.1, 0.15) is 17.3 Å². The summed E-state index contributed by atoms with van der Waals surface area (Å²) in [6.45, 7) is 10.2. The van der Waals surface area contributed by atoms with Gasteiger partial charge in [0.25, 0.3) is 0 Å². The van der Waals surface area contributed by atoms with Crippen molar-refractivity contribution in [1.82, 2.24) is 25.0 Å². The lowest BCUT2D eigenvalue weighted by molar-refractivity contribution is 0.196. The Bertz CT molecular complexity index is 1100. The van der Waals surface area contributed by atoms with Crippen LogP contribution < -0.4 is 15.5 Å². The number of nitrogens with one attached hydrogen (secondary N) is 2. The molecule has 3 aliphatic rings. The van der Waals surface area contributed by atoms with E-state index >= 15 is 0 Å². The van der Waals surface area contributed by atoms with Gasteiger partial charge in [0.05, 0.1) is 34.7 Å². The SMILES string of the molecule is CCCOc1ccc(S(=O)(=O)N2CCN(CC)CC2)cc1C1=NC=C2C(=C(CCC)NN2C)N1. The molecule has 9 nitrogen and oxygen atoms in total. The maximum atomic E-state index is 13.5. The van der Waals surface area contributed by atoms with Gasteiger partial charge in [-0.3, -0.25) is 5.01 Å². The second-order valence-corrected chi connectivity index (χ2v) is 10.7. The van der Waals surface area contributed by atoms with Gasteiger partial charge in [0, 0.05) is 33.2 Å². The molecule has 1 aromatic carbocycles. The Kier molecular flexibility index (Phi) is 7.49. The van der Waals surface area contributed by atoms with Crippen LogP contribution in [0.1, 0.15) is 45.6 Å². The number of hydrogen-bond acceptors (Lipinski definition) is 8. The molecule has 0 saturated carbocycles. The average molecular weight is 489 g/mol. The van der Waals surface area contributed by atoms with Crippen LogP contribution in [0.2, 0.25) is 0 Å². The largest absolute Gasteiger partial charge is 0.493 e. The highest BCUT2D eigenvalue weighted by molar-refractivity contribution is 7.89. The third-order valence-electron chi connectivity index (χ3n) is 6.37. The predicted molar refractivity (Wildman–Crippen MR) is 134 cm³/mol.